The van der Waals surface area contributed by atoms with Crippen molar-refractivity contribution in [2.45, 2.75) is 13.8 Å². The van der Waals surface area contributed by atoms with E-state index in [1.165, 1.54) is 12.1 Å². The molecule has 0 atom stereocenters. The molecule has 0 aliphatic rings. The van der Waals surface area contributed by atoms with E-state index in [2.05, 4.69) is 0 Å². The van der Waals surface area contributed by atoms with E-state index < -0.39 is 0 Å². The van der Waals surface area contributed by atoms with Gasteiger partial charge in [-0.3, -0.25) is 0 Å². The number of hydrogen-bond donors (Lipinski definition) is 1. The molecule has 2 nitrogen and oxygen atoms in total. The Labute approximate surface area is 83.2 Å². The van der Waals surface area contributed by atoms with Crippen LogP contribution in [0.4, 0.5) is 10.1 Å². The minimum Gasteiger partial charge on any atom is -0.398 e. The third kappa shape index (κ3) is 3.01. The first-order valence-electron chi connectivity index (χ1n) is 4.12. The summed E-state index contributed by atoms with van der Waals surface area (Å²) in [5.74, 6) is -0.292. The Morgan fingerprint density at radius 1 is 1.50 bits per heavy atom. The summed E-state index contributed by atoms with van der Waals surface area (Å²) in [6.07, 6.45) is 1.95. The molecule has 0 spiro atoms. The first kappa shape index (κ1) is 12.4. The molecule has 0 aliphatic heterocycles. The average Bonchev–Trinajstić information content (AvgIpc) is 2.20. The lowest BCUT2D eigenvalue weighted by molar-refractivity contribution is -0.0979. The van der Waals surface area contributed by atoms with Gasteiger partial charge < -0.3 is 10.5 Å². The number of rotatable bonds is 1. The number of nitrogen functional groups attached to an aromatic ring is 1. The van der Waals surface area contributed by atoms with Crippen molar-refractivity contribution in [3.63, 3.8) is 0 Å². The minimum absolute atomic E-state index is 0.292. The van der Waals surface area contributed by atoms with Gasteiger partial charge >= 0.3 is 0 Å². The Hall–Kier alpha value is -1.64. The monoisotopic (exact) mass is 195 g/mol. The molecule has 0 radical (unpaired) electrons. The summed E-state index contributed by atoms with van der Waals surface area (Å²) in [7, 11) is 0. The second kappa shape index (κ2) is 5.91. The second-order valence-electron chi connectivity index (χ2n) is 2.70. The summed E-state index contributed by atoms with van der Waals surface area (Å²) in [4.78, 5) is 8.00. The molecule has 14 heavy (non-hydrogen) atoms. The summed E-state index contributed by atoms with van der Waals surface area (Å²) < 4.78 is 12.6. The van der Waals surface area contributed by atoms with Crippen LogP contribution < -0.4 is 5.73 Å². The van der Waals surface area contributed by atoms with Crippen LogP contribution >= 0.6 is 0 Å². The highest BCUT2D eigenvalue weighted by molar-refractivity contribution is 5.73. The maximum atomic E-state index is 12.6. The molecular weight excluding hydrogens is 181 g/mol. The fraction of sp³-hybridized carbons (Fsp3) is 0.182. The predicted octanol–water partition coefficient (Wildman–Crippen LogP) is 2.65. The molecule has 0 saturated heterocycles. The number of carbonyl (C=O) groups is 1. The molecule has 0 aromatic heterocycles. The van der Waals surface area contributed by atoms with Gasteiger partial charge in [0, 0.05) is 11.3 Å². The number of anilines is 1. The summed E-state index contributed by atoms with van der Waals surface area (Å²) in [5.41, 5.74) is 8.07. The standard InChI is InChI=1S/C10H12FN.CH2O/c1-3-7(2)9-5-4-8(11)6-10(9)12;1-2/h3-6H,12H2,1-2H3;1H2/b7-3+;. The Bertz CT molecular complexity index is 334. The predicted molar refractivity (Wildman–Crippen MR) is 57.3 cm³/mol. The average molecular weight is 195 g/mol. The van der Waals surface area contributed by atoms with E-state index >= 15 is 0 Å². The number of nitrogens with two attached hydrogens (primary N) is 1. The lowest BCUT2D eigenvalue weighted by Gasteiger charge is -2.04. The SMILES string of the molecule is C/C=C(\C)c1ccc(F)cc1N.C=O. The van der Waals surface area contributed by atoms with Gasteiger partial charge in [0.2, 0.25) is 0 Å². The first-order chi connectivity index (χ1) is 6.65. The van der Waals surface area contributed by atoms with Crippen LogP contribution in [0.1, 0.15) is 19.4 Å². The summed E-state index contributed by atoms with van der Waals surface area (Å²) in [5, 5.41) is 0. The zero-order chi connectivity index (χ0) is 11.1. The zero-order valence-electron chi connectivity index (χ0n) is 8.38. The second-order valence-corrected chi connectivity index (χ2v) is 2.70. The van der Waals surface area contributed by atoms with E-state index in [-0.39, 0.29) is 5.82 Å². The molecule has 1 rings (SSSR count). The Morgan fingerprint density at radius 2 is 2.07 bits per heavy atom. The number of hydrogen-bond acceptors (Lipinski definition) is 2. The van der Waals surface area contributed by atoms with Crippen molar-refractivity contribution in [2.24, 2.45) is 0 Å². The van der Waals surface area contributed by atoms with Crippen LogP contribution in [0.2, 0.25) is 0 Å². The molecule has 2 N–H and O–H groups in total. The molecule has 76 valence electrons. The molecule has 1 aromatic carbocycles. The summed E-state index contributed by atoms with van der Waals surface area (Å²) >= 11 is 0. The third-order valence-electron chi connectivity index (χ3n) is 1.87. The first-order valence-corrected chi connectivity index (χ1v) is 4.12. The molecular formula is C11H14FNO. The maximum Gasteiger partial charge on any atom is 0.125 e. The van der Waals surface area contributed by atoms with Crippen molar-refractivity contribution in [1.29, 1.82) is 0 Å². The molecule has 1 aromatic rings. The van der Waals surface area contributed by atoms with Gasteiger partial charge in [0.05, 0.1) is 0 Å². The Morgan fingerprint density at radius 3 is 2.50 bits per heavy atom. The normalized spacial score (nSPS) is 10.4. The van der Waals surface area contributed by atoms with Gasteiger partial charge in [0.15, 0.2) is 0 Å². The molecule has 0 aliphatic carbocycles. The maximum absolute atomic E-state index is 12.6. The molecule has 0 heterocycles. The Kier molecular flexibility index (Phi) is 5.22. The van der Waals surface area contributed by atoms with E-state index in [1.54, 1.807) is 6.07 Å². The van der Waals surface area contributed by atoms with Crippen LogP contribution in [0.15, 0.2) is 24.3 Å². The van der Waals surface area contributed by atoms with Crippen LogP contribution in [0.5, 0.6) is 0 Å². The number of allylic oxidation sites excluding steroid dienone is 2. The highest BCUT2D eigenvalue weighted by Gasteiger charge is 2.00. The van der Waals surface area contributed by atoms with Gasteiger partial charge in [-0.25, -0.2) is 4.39 Å². The van der Waals surface area contributed by atoms with Gasteiger partial charge in [-0.1, -0.05) is 6.08 Å². The smallest absolute Gasteiger partial charge is 0.125 e. The van der Waals surface area contributed by atoms with E-state index in [4.69, 9.17) is 10.5 Å². The molecule has 0 saturated carbocycles. The van der Waals surface area contributed by atoms with Gasteiger partial charge in [0.25, 0.3) is 0 Å². The molecule has 3 heteroatoms. The van der Waals surface area contributed by atoms with Crippen molar-refractivity contribution in [1.82, 2.24) is 0 Å². The fourth-order valence-electron chi connectivity index (χ4n) is 1.05. The van der Waals surface area contributed by atoms with Crippen molar-refractivity contribution >= 4 is 18.0 Å². The van der Waals surface area contributed by atoms with Crippen LogP contribution in [0, 0.1) is 5.82 Å². The van der Waals surface area contributed by atoms with Gasteiger partial charge in [0.1, 0.15) is 12.6 Å². The quantitative estimate of drug-likeness (QED) is 0.700. The van der Waals surface area contributed by atoms with Crippen molar-refractivity contribution in [2.75, 3.05) is 5.73 Å². The number of halogens is 1. The van der Waals surface area contributed by atoms with Gasteiger partial charge in [-0.15, -0.1) is 0 Å². The summed E-state index contributed by atoms with van der Waals surface area (Å²) in [6, 6.07) is 4.45. The van der Waals surface area contributed by atoms with E-state index in [9.17, 15) is 4.39 Å². The topological polar surface area (TPSA) is 43.1 Å². The third-order valence-corrected chi connectivity index (χ3v) is 1.87. The molecule has 0 unspecified atom stereocenters. The van der Waals surface area contributed by atoms with Gasteiger partial charge in [-0.2, -0.15) is 0 Å². The van der Waals surface area contributed by atoms with Crippen molar-refractivity contribution < 1.29 is 9.18 Å². The Balaban J connectivity index is 0.000000791. The van der Waals surface area contributed by atoms with E-state index in [0.29, 0.717) is 5.69 Å². The fourth-order valence-corrected chi connectivity index (χ4v) is 1.05. The highest BCUT2D eigenvalue weighted by atomic mass is 19.1. The largest absolute Gasteiger partial charge is 0.398 e. The minimum atomic E-state index is -0.292. The van der Waals surface area contributed by atoms with Crippen LogP contribution in [-0.2, 0) is 4.79 Å². The van der Waals surface area contributed by atoms with E-state index in [1.807, 2.05) is 26.7 Å². The van der Waals surface area contributed by atoms with Crippen molar-refractivity contribution in [3.8, 4) is 0 Å². The van der Waals surface area contributed by atoms with Crippen LogP contribution in [-0.4, -0.2) is 6.79 Å². The highest BCUT2D eigenvalue weighted by Crippen LogP contribution is 2.21. The molecule has 0 fully saturated rings. The van der Waals surface area contributed by atoms with Crippen LogP contribution in [0.3, 0.4) is 0 Å². The lowest BCUT2D eigenvalue weighted by Crippen LogP contribution is -1.92. The molecule has 0 bridgehead atoms. The lowest BCUT2D eigenvalue weighted by atomic mass is 10.1. The summed E-state index contributed by atoms with van der Waals surface area (Å²) in [6.45, 7) is 5.88. The van der Waals surface area contributed by atoms with Crippen LogP contribution in [0.25, 0.3) is 5.57 Å². The van der Waals surface area contributed by atoms with Gasteiger partial charge in [-0.05, 0) is 37.6 Å². The zero-order valence-corrected chi connectivity index (χ0v) is 8.38. The van der Waals surface area contributed by atoms with E-state index in [0.717, 1.165) is 11.1 Å². The molecule has 0 amide bonds. The van der Waals surface area contributed by atoms with Crippen molar-refractivity contribution in [3.05, 3.63) is 35.7 Å². The number of carbonyl (C=O) groups excluding carboxylic acids is 1. The number of benzene rings is 1.